The van der Waals surface area contributed by atoms with E-state index in [1.807, 2.05) is 0 Å². The highest BCUT2D eigenvalue weighted by molar-refractivity contribution is 6.64. The highest BCUT2D eigenvalue weighted by Gasteiger charge is 2.22. The van der Waals surface area contributed by atoms with E-state index in [1.165, 1.54) is 6.42 Å². The summed E-state index contributed by atoms with van der Waals surface area (Å²) < 4.78 is 0. The summed E-state index contributed by atoms with van der Waals surface area (Å²) in [5.74, 6) is 0.210. The molecule has 7 heavy (non-hydrogen) atoms. The van der Waals surface area contributed by atoms with Crippen LogP contribution in [0, 0.1) is 5.92 Å². The van der Waals surface area contributed by atoms with Crippen molar-refractivity contribution in [1.29, 1.82) is 0 Å². The van der Waals surface area contributed by atoms with Crippen LogP contribution in [0.5, 0.6) is 0 Å². The number of halogens is 1. The fraction of sp³-hybridized carbons (Fsp3) is 0.800. The molecule has 1 saturated carbocycles. The van der Waals surface area contributed by atoms with Gasteiger partial charge in [-0.1, -0.05) is 6.42 Å². The summed E-state index contributed by atoms with van der Waals surface area (Å²) in [5, 5.41) is -0.147. The standard InChI is InChI=1S/C5H7ClO/c6-5(7)4-2-1-3-4/h4H,1-3H2/i6+0. The van der Waals surface area contributed by atoms with Crippen LogP contribution in [0.4, 0.5) is 0 Å². The van der Waals surface area contributed by atoms with Gasteiger partial charge >= 0.3 is 0 Å². The third kappa shape index (κ3) is 0.942. The molecule has 2 heteroatoms. The van der Waals surface area contributed by atoms with E-state index in [0.717, 1.165) is 12.8 Å². The summed E-state index contributed by atoms with van der Waals surface area (Å²) in [6.07, 6.45) is 3.22. The molecule has 1 aliphatic carbocycles. The second kappa shape index (κ2) is 1.83. The molecule has 0 aliphatic heterocycles. The normalized spacial score (nSPS) is 21.3. The summed E-state index contributed by atoms with van der Waals surface area (Å²) in [5.41, 5.74) is 0. The molecule has 0 radical (unpaired) electrons. The maximum atomic E-state index is 10.2. The summed E-state index contributed by atoms with van der Waals surface area (Å²) >= 11 is 5.14. The van der Waals surface area contributed by atoms with E-state index >= 15 is 0 Å². The van der Waals surface area contributed by atoms with Crippen molar-refractivity contribution in [2.75, 3.05) is 0 Å². The van der Waals surface area contributed by atoms with Crippen LogP contribution in [0.15, 0.2) is 0 Å². The largest absolute Gasteiger partial charge is 0.281 e. The Morgan fingerprint density at radius 3 is 2.14 bits per heavy atom. The Kier molecular flexibility index (Phi) is 1.33. The highest BCUT2D eigenvalue weighted by Crippen LogP contribution is 2.27. The molecule has 0 aromatic carbocycles. The van der Waals surface area contributed by atoms with Gasteiger partial charge in [-0.25, -0.2) is 0 Å². The molecule has 1 fully saturated rings. The second-order valence-electron chi connectivity index (χ2n) is 1.93. The molecule has 0 aromatic heterocycles. The Hall–Kier alpha value is -0.0400. The van der Waals surface area contributed by atoms with Crippen LogP contribution >= 0.6 is 11.6 Å². The van der Waals surface area contributed by atoms with Gasteiger partial charge in [0.2, 0.25) is 5.24 Å². The number of rotatable bonds is 1. The molecule has 0 saturated heterocycles. The second-order valence-corrected chi connectivity index (χ2v) is 2.30. The van der Waals surface area contributed by atoms with Gasteiger partial charge in [0.25, 0.3) is 0 Å². The first-order chi connectivity index (χ1) is 3.30. The predicted molar refractivity (Wildman–Crippen MR) is 28.2 cm³/mol. The number of carbonyl (C=O) groups is 1. The molecule has 1 aliphatic rings. The van der Waals surface area contributed by atoms with Crippen molar-refractivity contribution < 1.29 is 4.79 Å². The molecule has 1 rings (SSSR count). The topological polar surface area (TPSA) is 17.1 Å². The van der Waals surface area contributed by atoms with E-state index in [9.17, 15) is 4.79 Å². The molecule has 0 bridgehead atoms. The Labute approximate surface area is 47.7 Å². The van der Waals surface area contributed by atoms with Gasteiger partial charge < -0.3 is 0 Å². The predicted octanol–water partition coefficient (Wildman–Crippen LogP) is 1.55. The maximum Gasteiger partial charge on any atom is 0.224 e. The Morgan fingerprint density at radius 1 is 1.57 bits per heavy atom. The average Bonchev–Trinajstić information content (AvgIpc) is 1.23. The van der Waals surface area contributed by atoms with Crippen molar-refractivity contribution in [2.24, 2.45) is 5.92 Å². The van der Waals surface area contributed by atoms with Crippen LogP contribution in [0.25, 0.3) is 0 Å². The zero-order valence-corrected chi connectivity index (χ0v) is 4.74. The lowest BCUT2D eigenvalue weighted by Gasteiger charge is -2.19. The zero-order valence-electron chi connectivity index (χ0n) is 3.98. The third-order valence-corrected chi connectivity index (χ3v) is 1.73. The van der Waals surface area contributed by atoms with Gasteiger partial charge in [-0.3, -0.25) is 4.79 Å². The molecule has 40 valence electrons. The van der Waals surface area contributed by atoms with E-state index in [2.05, 4.69) is 0 Å². The monoisotopic (exact) mass is 118 g/mol. The van der Waals surface area contributed by atoms with Crippen molar-refractivity contribution in [2.45, 2.75) is 19.3 Å². The Bertz CT molecular complexity index is 86.1. The molecular formula is C5H7ClO. The van der Waals surface area contributed by atoms with Crippen LogP contribution in [0.2, 0.25) is 0 Å². The lowest BCUT2D eigenvalue weighted by atomic mass is 9.87. The minimum atomic E-state index is -0.147. The lowest BCUT2D eigenvalue weighted by molar-refractivity contribution is -0.117. The maximum absolute atomic E-state index is 10.2. The number of hydrogen-bond donors (Lipinski definition) is 0. The van der Waals surface area contributed by atoms with Gasteiger partial charge in [-0.05, 0) is 24.4 Å². The van der Waals surface area contributed by atoms with Crippen LogP contribution in [0.3, 0.4) is 0 Å². The van der Waals surface area contributed by atoms with Gasteiger partial charge in [0.15, 0.2) is 0 Å². The third-order valence-electron chi connectivity index (χ3n) is 1.43. The van der Waals surface area contributed by atoms with E-state index in [-0.39, 0.29) is 11.2 Å². The first-order valence-corrected chi connectivity index (χ1v) is 2.88. The summed E-state index contributed by atoms with van der Waals surface area (Å²) in [6.45, 7) is 0. The molecule has 0 aromatic rings. The van der Waals surface area contributed by atoms with E-state index in [1.54, 1.807) is 0 Å². The van der Waals surface area contributed by atoms with Gasteiger partial charge in [0.05, 0.1) is 0 Å². The van der Waals surface area contributed by atoms with E-state index in [4.69, 9.17) is 11.6 Å². The van der Waals surface area contributed by atoms with Crippen molar-refractivity contribution in [3.63, 3.8) is 0 Å². The first-order valence-electron chi connectivity index (χ1n) is 2.50. The molecular weight excluding hydrogens is 111 g/mol. The minimum Gasteiger partial charge on any atom is -0.281 e. The fourth-order valence-corrected chi connectivity index (χ4v) is 0.853. The fourth-order valence-electron chi connectivity index (χ4n) is 0.635. The van der Waals surface area contributed by atoms with Crippen molar-refractivity contribution in [1.82, 2.24) is 0 Å². The Morgan fingerprint density at radius 2 is 2.14 bits per heavy atom. The zero-order chi connectivity index (χ0) is 5.28. The van der Waals surface area contributed by atoms with Crippen LogP contribution in [-0.2, 0) is 4.79 Å². The summed E-state index contributed by atoms with van der Waals surface area (Å²) in [7, 11) is 0. The van der Waals surface area contributed by atoms with Gasteiger partial charge in [-0.15, -0.1) is 0 Å². The lowest BCUT2D eigenvalue weighted by Crippen LogP contribution is -2.16. The van der Waals surface area contributed by atoms with Crippen LogP contribution in [-0.4, -0.2) is 5.24 Å². The Balaban J connectivity index is 2.27. The summed E-state index contributed by atoms with van der Waals surface area (Å²) in [4.78, 5) is 10.2. The minimum absolute atomic E-state index is 0.147. The van der Waals surface area contributed by atoms with Gasteiger partial charge in [0, 0.05) is 5.92 Å². The molecule has 1 nitrogen and oxygen atoms in total. The van der Waals surface area contributed by atoms with Gasteiger partial charge in [0.1, 0.15) is 0 Å². The molecule has 0 atom stereocenters. The number of carbonyl (C=O) groups excluding carboxylic acids is 1. The van der Waals surface area contributed by atoms with Crippen molar-refractivity contribution in [3.8, 4) is 0 Å². The van der Waals surface area contributed by atoms with Crippen molar-refractivity contribution in [3.05, 3.63) is 0 Å². The van der Waals surface area contributed by atoms with Crippen LogP contribution in [0.1, 0.15) is 19.3 Å². The average molecular weight is 118 g/mol. The highest BCUT2D eigenvalue weighted by atomic mass is 35.0. The van der Waals surface area contributed by atoms with E-state index in [0.29, 0.717) is 0 Å². The SMILES string of the molecule is O=C([35Cl])C1CCC1. The van der Waals surface area contributed by atoms with Crippen molar-refractivity contribution >= 4 is 16.8 Å². The molecule has 0 spiro atoms. The van der Waals surface area contributed by atoms with Gasteiger partial charge in [-0.2, -0.15) is 0 Å². The summed E-state index contributed by atoms with van der Waals surface area (Å²) in [6, 6.07) is 0. The molecule has 0 heterocycles. The van der Waals surface area contributed by atoms with E-state index < -0.39 is 0 Å². The smallest absolute Gasteiger partial charge is 0.224 e. The number of hydrogen-bond acceptors (Lipinski definition) is 1. The molecule has 0 unspecified atom stereocenters. The molecule has 0 amide bonds. The first kappa shape index (κ1) is 5.10. The quantitative estimate of drug-likeness (QED) is 0.477. The molecule has 0 N–H and O–H groups in total. The van der Waals surface area contributed by atoms with Crippen LogP contribution < -0.4 is 0 Å².